The van der Waals surface area contributed by atoms with E-state index in [0.717, 1.165) is 23.4 Å². The molecule has 2 bridgehead atoms. The number of fused-ring (bicyclic) bond motifs is 3. The van der Waals surface area contributed by atoms with Crippen molar-refractivity contribution in [2.75, 3.05) is 0 Å². The van der Waals surface area contributed by atoms with Crippen molar-refractivity contribution in [1.29, 1.82) is 0 Å². The molecule has 0 aliphatic carbocycles. The zero-order chi connectivity index (χ0) is 11.4. The molecule has 2 aliphatic heterocycles. The van der Waals surface area contributed by atoms with Gasteiger partial charge in [0.1, 0.15) is 5.52 Å². The molecular formula is C13H13ClN2O. The number of halogens is 1. The van der Waals surface area contributed by atoms with Crippen LogP contribution in [0.4, 0.5) is 0 Å². The van der Waals surface area contributed by atoms with E-state index < -0.39 is 0 Å². The topological polar surface area (TPSA) is 38.1 Å². The SMILES string of the molecule is Clc1ccc2nc(C3CC4CCC3N4)oc2c1. The summed E-state index contributed by atoms with van der Waals surface area (Å²) in [5.41, 5.74) is 1.71. The van der Waals surface area contributed by atoms with E-state index in [0.29, 0.717) is 23.0 Å². The highest BCUT2D eigenvalue weighted by atomic mass is 35.5. The Bertz CT molecular complexity index is 580. The Morgan fingerprint density at radius 2 is 2.29 bits per heavy atom. The van der Waals surface area contributed by atoms with E-state index in [2.05, 4.69) is 10.3 Å². The molecule has 1 aromatic carbocycles. The first-order chi connectivity index (χ1) is 8.29. The van der Waals surface area contributed by atoms with Crippen molar-refractivity contribution in [1.82, 2.24) is 10.3 Å². The summed E-state index contributed by atoms with van der Waals surface area (Å²) in [7, 11) is 0. The van der Waals surface area contributed by atoms with Crippen molar-refractivity contribution in [2.45, 2.75) is 37.3 Å². The number of rotatable bonds is 1. The van der Waals surface area contributed by atoms with Crippen LogP contribution in [-0.4, -0.2) is 17.1 Å². The minimum atomic E-state index is 0.444. The second-order valence-corrected chi connectivity index (χ2v) is 5.49. The lowest BCUT2D eigenvalue weighted by molar-refractivity contribution is 0.408. The summed E-state index contributed by atoms with van der Waals surface area (Å²) in [4.78, 5) is 4.59. The van der Waals surface area contributed by atoms with Gasteiger partial charge in [0.2, 0.25) is 0 Å². The predicted octanol–water partition coefficient (Wildman–Crippen LogP) is 3.09. The Morgan fingerprint density at radius 3 is 3.06 bits per heavy atom. The highest BCUT2D eigenvalue weighted by molar-refractivity contribution is 6.31. The lowest BCUT2D eigenvalue weighted by Gasteiger charge is -2.15. The first-order valence-electron chi connectivity index (χ1n) is 6.11. The molecule has 0 saturated carbocycles. The van der Waals surface area contributed by atoms with Crippen LogP contribution in [0.15, 0.2) is 22.6 Å². The molecule has 2 saturated heterocycles. The summed E-state index contributed by atoms with van der Waals surface area (Å²) in [6.45, 7) is 0. The molecule has 2 aromatic rings. The maximum atomic E-state index is 5.95. The molecule has 3 unspecified atom stereocenters. The van der Waals surface area contributed by atoms with E-state index in [1.54, 1.807) is 0 Å². The molecule has 3 nitrogen and oxygen atoms in total. The van der Waals surface area contributed by atoms with Crippen molar-refractivity contribution in [3.63, 3.8) is 0 Å². The molecule has 0 spiro atoms. The Hall–Kier alpha value is -1.06. The molecule has 2 aliphatic rings. The second-order valence-electron chi connectivity index (χ2n) is 5.05. The zero-order valence-electron chi connectivity index (χ0n) is 9.32. The van der Waals surface area contributed by atoms with Crippen LogP contribution in [0, 0.1) is 0 Å². The number of oxazole rings is 1. The Balaban J connectivity index is 1.76. The van der Waals surface area contributed by atoms with Gasteiger partial charge in [-0.3, -0.25) is 0 Å². The van der Waals surface area contributed by atoms with E-state index in [4.69, 9.17) is 16.0 Å². The quantitative estimate of drug-likeness (QED) is 0.843. The van der Waals surface area contributed by atoms with Crippen LogP contribution in [0.5, 0.6) is 0 Å². The van der Waals surface area contributed by atoms with Crippen molar-refractivity contribution >= 4 is 22.7 Å². The molecule has 17 heavy (non-hydrogen) atoms. The second kappa shape index (κ2) is 3.47. The van der Waals surface area contributed by atoms with Crippen LogP contribution in [0.2, 0.25) is 5.02 Å². The molecular weight excluding hydrogens is 236 g/mol. The fourth-order valence-corrected chi connectivity index (χ4v) is 3.33. The molecule has 3 atom stereocenters. The van der Waals surface area contributed by atoms with Gasteiger partial charge in [0.15, 0.2) is 11.5 Å². The van der Waals surface area contributed by atoms with Gasteiger partial charge >= 0.3 is 0 Å². The van der Waals surface area contributed by atoms with Gasteiger partial charge in [-0.25, -0.2) is 4.98 Å². The molecule has 4 heteroatoms. The average Bonchev–Trinajstić information content (AvgIpc) is 3.01. The van der Waals surface area contributed by atoms with Gasteiger partial charge in [-0.2, -0.15) is 0 Å². The summed E-state index contributed by atoms with van der Waals surface area (Å²) >= 11 is 5.95. The maximum Gasteiger partial charge on any atom is 0.200 e. The third-order valence-corrected chi connectivity index (χ3v) is 4.22. The largest absolute Gasteiger partial charge is 0.440 e. The normalized spacial score (nSPS) is 31.5. The molecule has 0 radical (unpaired) electrons. The molecule has 3 heterocycles. The zero-order valence-corrected chi connectivity index (χ0v) is 10.1. The number of aromatic nitrogens is 1. The smallest absolute Gasteiger partial charge is 0.200 e. The monoisotopic (exact) mass is 248 g/mol. The van der Waals surface area contributed by atoms with E-state index in [9.17, 15) is 0 Å². The van der Waals surface area contributed by atoms with Gasteiger partial charge in [0, 0.05) is 23.2 Å². The predicted molar refractivity (Wildman–Crippen MR) is 66.3 cm³/mol. The number of hydrogen-bond acceptors (Lipinski definition) is 3. The van der Waals surface area contributed by atoms with Crippen molar-refractivity contribution in [3.05, 3.63) is 29.1 Å². The van der Waals surface area contributed by atoms with E-state index in [-0.39, 0.29) is 0 Å². The van der Waals surface area contributed by atoms with Crippen LogP contribution in [-0.2, 0) is 0 Å². The number of nitrogens with one attached hydrogen (secondary N) is 1. The minimum absolute atomic E-state index is 0.444. The summed E-state index contributed by atoms with van der Waals surface area (Å²) in [5.74, 6) is 1.32. The lowest BCUT2D eigenvalue weighted by Crippen LogP contribution is -2.21. The van der Waals surface area contributed by atoms with Gasteiger partial charge in [-0.15, -0.1) is 0 Å². The number of hydrogen-bond donors (Lipinski definition) is 1. The van der Waals surface area contributed by atoms with E-state index >= 15 is 0 Å². The summed E-state index contributed by atoms with van der Waals surface area (Å²) in [6, 6.07) is 6.85. The van der Waals surface area contributed by atoms with Gasteiger partial charge in [-0.1, -0.05) is 11.6 Å². The van der Waals surface area contributed by atoms with Crippen LogP contribution in [0.1, 0.15) is 31.1 Å². The summed E-state index contributed by atoms with van der Waals surface area (Å²) in [6.07, 6.45) is 3.70. The van der Waals surface area contributed by atoms with Crippen molar-refractivity contribution < 1.29 is 4.42 Å². The standard InChI is InChI=1S/C13H13ClN2O/c14-7-1-3-11-12(5-7)17-13(16-11)9-6-8-2-4-10(9)15-8/h1,3,5,8-10,15H,2,4,6H2. The molecule has 4 rings (SSSR count). The Kier molecular flexibility index (Phi) is 2.02. The van der Waals surface area contributed by atoms with Crippen LogP contribution < -0.4 is 5.32 Å². The Labute approximate surface area is 104 Å². The fourth-order valence-electron chi connectivity index (χ4n) is 3.17. The highest BCUT2D eigenvalue weighted by Gasteiger charge is 2.42. The first-order valence-corrected chi connectivity index (χ1v) is 6.49. The molecule has 2 fully saturated rings. The van der Waals surface area contributed by atoms with Gasteiger partial charge < -0.3 is 9.73 Å². The van der Waals surface area contributed by atoms with Gasteiger partial charge in [0.05, 0.1) is 5.92 Å². The molecule has 1 aromatic heterocycles. The highest BCUT2D eigenvalue weighted by Crippen LogP contribution is 2.40. The summed E-state index contributed by atoms with van der Waals surface area (Å²) in [5, 5.41) is 4.31. The summed E-state index contributed by atoms with van der Waals surface area (Å²) < 4.78 is 5.85. The maximum absolute atomic E-state index is 5.95. The van der Waals surface area contributed by atoms with Crippen molar-refractivity contribution in [2.24, 2.45) is 0 Å². The average molecular weight is 249 g/mol. The third-order valence-electron chi connectivity index (χ3n) is 3.98. The molecule has 88 valence electrons. The Morgan fingerprint density at radius 1 is 1.35 bits per heavy atom. The lowest BCUT2D eigenvalue weighted by atomic mass is 9.89. The van der Waals surface area contributed by atoms with Gasteiger partial charge in [0.25, 0.3) is 0 Å². The van der Waals surface area contributed by atoms with Crippen molar-refractivity contribution in [3.8, 4) is 0 Å². The van der Waals surface area contributed by atoms with E-state index in [1.807, 2.05) is 18.2 Å². The van der Waals surface area contributed by atoms with Crippen LogP contribution >= 0.6 is 11.6 Å². The van der Waals surface area contributed by atoms with Crippen LogP contribution in [0.3, 0.4) is 0 Å². The van der Waals surface area contributed by atoms with Crippen LogP contribution in [0.25, 0.3) is 11.1 Å². The number of benzene rings is 1. The minimum Gasteiger partial charge on any atom is -0.440 e. The third kappa shape index (κ3) is 1.49. The molecule has 1 N–H and O–H groups in total. The van der Waals surface area contributed by atoms with E-state index in [1.165, 1.54) is 12.8 Å². The number of nitrogens with zero attached hydrogens (tertiary/aromatic N) is 1. The fraction of sp³-hybridized carbons (Fsp3) is 0.462. The molecule has 0 amide bonds. The first kappa shape index (κ1) is 9.92. The van der Waals surface area contributed by atoms with Gasteiger partial charge in [-0.05, 0) is 31.4 Å².